The van der Waals surface area contributed by atoms with Crippen molar-refractivity contribution in [3.05, 3.63) is 34.0 Å². The Morgan fingerprint density at radius 1 is 1.14 bits per heavy atom. The minimum atomic E-state index is -6.12. The van der Waals surface area contributed by atoms with Crippen molar-refractivity contribution in [2.45, 2.75) is 22.9 Å². The molecule has 1 aliphatic heterocycles. The third-order valence-corrected chi connectivity index (χ3v) is 5.85. The number of halogens is 3. The third-order valence-electron chi connectivity index (χ3n) is 2.83. The molecule has 1 unspecified atom stereocenters. The SMILES string of the molecule is CC1(c2ccc(S(=O)(=O)[N-]S(=O)(=O)C(F)(F)F)cc2)CO1. The number of epoxide rings is 1. The van der Waals surface area contributed by atoms with Gasteiger partial charge in [-0.3, -0.25) is 0 Å². The summed E-state index contributed by atoms with van der Waals surface area (Å²) in [5, 5.41) is 0. The van der Waals surface area contributed by atoms with Crippen LogP contribution in [0.3, 0.4) is 0 Å². The van der Waals surface area contributed by atoms with Crippen molar-refractivity contribution >= 4 is 20.0 Å². The van der Waals surface area contributed by atoms with Crippen LogP contribution >= 0.6 is 0 Å². The molecule has 11 heteroatoms. The maximum Gasteiger partial charge on any atom is 0.480 e. The van der Waals surface area contributed by atoms with E-state index >= 15 is 0 Å². The van der Waals surface area contributed by atoms with Crippen molar-refractivity contribution < 1.29 is 34.7 Å². The van der Waals surface area contributed by atoms with E-state index in [1.807, 2.05) is 4.13 Å². The molecule has 0 N–H and O–H groups in total. The first-order valence-corrected chi connectivity index (χ1v) is 8.30. The average Bonchev–Trinajstić information content (AvgIpc) is 3.06. The Balaban J connectivity index is 2.28. The van der Waals surface area contributed by atoms with Crippen molar-refractivity contribution in [1.82, 2.24) is 0 Å². The van der Waals surface area contributed by atoms with Crippen molar-refractivity contribution in [2.24, 2.45) is 0 Å². The van der Waals surface area contributed by atoms with Gasteiger partial charge in [0, 0.05) is 4.90 Å². The fourth-order valence-electron chi connectivity index (χ4n) is 1.47. The van der Waals surface area contributed by atoms with E-state index in [2.05, 4.69) is 0 Å². The summed E-state index contributed by atoms with van der Waals surface area (Å²) in [6.45, 7) is 2.18. The summed E-state index contributed by atoms with van der Waals surface area (Å²) in [7, 11) is -11.1. The second-order valence-corrected chi connectivity index (χ2v) is 7.95. The first kappa shape index (κ1) is 16.2. The highest BCUT2D eigenvalue weighted by atomic mass is 32.3. The van der Waals surface area contributed by atoms with E-state index in [1.54, 1.807) is 6.92 Å². The number of benzene rings is 1. The van der Waals surface area contributed by atoms with Crippen LogP contribution in [0.4, 0.5) is 13.2 Å². The zero-order valence-electron chi connectivity index (χ0n) is 10.5. The zero-order valence-corrected chi connectivity index (χ0v) is 12.1. The Morgan fingerprint density at radius 2 is 1.62 bits per heavy atom. The van der Waals surface area contributed by atoms with E-state index in [-0.39, 0.29) is 0 Å². The van der Waals surface area contributed by atoms with Gasteiger partial charge in [0.25, 0.3) is 0 Å². The Labute approximate surface area is 119 Å². The van der Waals surface area contributed by atoms with Gasteiger partial charge < -0.3 is 8.86 Å². The van der Waals surface area contributed by atoms with Gasteiger partial charge in [0.05, 0.1) is 6.61 Å². The fourth-order valence-corrected chi connectivity index (χ4v) is 3.66. The van der Waals surface area contributed by atoms with E-state index in [0.29, 0.717) is 12.2 Å². The Morgan fingerprint density at radius 3 is 2.00 bits per heavy atom. The Hall–Kier alpha value is -1.17. The number of ether oxygens (including phenoxy) is 1. The predicted molar refractivity (Wildman–Crippen MR) is 65.3 cm³/mol. The van der Waals surface area contributed by atoms with E-state index < -0.39 is 36.1 Å². The monoisotopic (exact) mass is 344 g/mol. The van der Waals surface area contributed by atoms with Crippen molar-refractivity contribution in [3.63, 3.8) is 0 Å². The van der Waals surface area contributed by atoms with Crippen LogP contribution in [0.2, 0.25) is 0 Å². The molecule has 1 atom stereocenters. The van der Waals surface area contributed by atoms with Crippen LogP contribution in [-0.2, 0) is 30.4 Å². The second-order valence-electron chi connectivity index (χ2n) is 4.51. The number of alkyl halides is 3. The molecule has 0 aromatic heterocycles. The highest BCUT2D eigenvalue weighted by Gasteiger charge is 2.42. The normalized spacial score (nSPS) is 23.0. The van der Waals surface area contributed by atoms with Gasteiger partial charge in [0.15, 0.2) is 10.0 Å². The Bertz CT molecular complexity index is 749. The highest BCUT2D eigenvalue weighted by Crippen LogP contribution is 2.38. The van der Waals surface area contributed by atoms with Gasteiger partial charge in [-0.25, -0.2) is 16.8 Å². The molecule has 1 heterocycles. The van der Waals surface area contributed by atoms with Crippen LogP contribution in [0.15, 0.2) is 29.2 Å². The molecule has 0 aliphatic carbocycles. The van der Waals surface area contributed by atoms with Crippen LogP contribution in [0.1, 0.15) is 12.5 Å². The molecule has 0 bridgehead atoms. The number of sulfonamides is 2. The molecular formula is C10H9F3NO5S2-. The lowest BCUT2D eigenvalue weighted by Crippen LogP contribution is -2.24. The molecule has 0 saturated carbocycles. The van der Waals surface area contributed by atoms with Crippen LogP contribution in [0, 0.1) is 0 Å². The maximum absolute atomic E-state index is 12.1. The molecule has 0 amide bonds. The summed E-state index contributed by atoms with van der Waals surface area (Å²) in [6.07, 6.45) is 0. The lowest BCUT2D eigenvalue weighted by Gasteiger charge is -2.22. The lowest BCUT2D eigenvalue weighted by atomic mass is 10.0. The highest BCUT2D eigenvalue weighted by molar-refractivity contribution is 8.12. The number of hydrogen-bond donors (Lipinski definition) is 0. The van der Waals surface area contributed by atoms with E-state index in [1.165, 1.54) is 12.1 Å². The number of hydrogen-bond acceptors (Lipinski definition) is 5. The third kappa shape index (κ3) is 3.20. The first-order valence-electron chi connectivity index (χ1n) is 5.42. The van der Waals surface area contributed by atoms with Gasteiger partial charge in [-0.05, 0) is 24.6 Å². The van der Waals surface area contributed by atoms with E-state index in [4.69, 9.17) is 4.74 Å². The quantitative estimate of drug-likeness (QED) is 0.777. The maximum atomic E-state index is 12.1. The molecule has 0 spiro atoms. The summed E-state index contributed by atoms with van der Waals surface area (Å²) in [5.41, 5.74) is -5.69. The van der Waals surface area contributed by atoms with Gasteiger partial charge in [-0.15, -0.1) is 0 Å². The summed E-state index contributed by atoms with van der Waals surface area (Å²) in [4.78, 5) is -0.650. The van der Waals surface area contributed by atoms with Gasteiger partial charge >= 0.3 is 5.51 Å². The lowest BCUT2D eigenvalue weighted by molar-refractivity contribution is -0.0425. The van der Waals surface area contributed by atoms with Crippen molar-refractivity contribution in [1.29, 1.82) is 0 Å². The van der Waals surface area contributed by atoms with E-state index in [0.717, 1.165) is 12.1 Å². The van der Waals surface area contributed by atoms with Crippen LogP contribution in [-0.4, -0.2) is 29.0 Å². The van der Waals surface area contributed by atoms with E-state index in [9.17, 15) is 30.0 Å². The van der Waals surface area contributed by atoms with Crippen LogP contribution < -0.4 is 0 Å². The fraction of sp³-hybridized carbons (Fsp3) is 0.400. The molecule has 1 aromatic carbocycles. The average molecular weight is 344 g/mol. The molecule has 6 nitrogen and oxygen atoms in total. The van der Waals surface area contributed by atoms with Crippen molar-refractivity contribution in [2.75, 3.05) is 6.61 Å². The molecule has 1 saturated heterocycles. The Kier molecular flexibility index (Phi) is 3.60. The summed E-state index contributed by atoms with van der Waals surface area (Å²) in [5.74, 6) is 0. The van der Waals surface area contributed by atoms with Gasteiger partial charge in [0.2, 0.25) is 0 Å². The molecule has 2 rings (SSSR count). The number of nitrogens with zero attached hydrogens (tertiary/aromatic N) is 1. The number of rotatable bonds is 4. The summed E-state index contributed by atoms with van der Waals surface area (Å²) < 4.78 is 88.3. The zero-order chi connectivity index (χ0) is 16.1. The summed E-state index contributed by atoms with van der Waals surface area (Å²) >= 11 is 0. The van der Waals surface area contributed by atoms with Gasteiger partial charge in [-0.1, -0.05) is 12.1 Å². The molecule has 0 radical (unpaired) electrons. The predicted octanol–water partition coefficient (Wildman–Crippen LogP) is 1.84. The molecular weight excluding hydrogens is 335 g/mol. The standard InChI is InChI=1S/C10H9F3NO5S2/c1-9(6-19-9)7-2-4-8(5-3-7)20(15,16)14-21(17,18)10(11,12)13/h2-5H,6H2,1H3/q-1. The minimum absolute atomic E-state index is 0.436. The molecule has 21 heavy (non-hydrogen) atoms. The largest absolute Gasteiger partial charge is 0.480 e. The minimum Gasteiger partial charge on any atom is -0.424 e. The topological polar surface area (TPSA) is 94.9 Å². The van der Waals surface area contributed by atoms with Crippen molar-refractivity contribution in [3.8, 4) is 0 Å². The van der Waals surface area contributed by atoms with Gasteiger partial charge in [-0.2, -0.15) is 13.2 Å². The second kappa shape index (κ2) is 4.66. The first-order chi connectivity index (χ1) is 9.37. The van der Waals surface area contributed by atoms with Crippen LogP contribution in [0.25, 0.3) is 4.13 Å². The van der Waals surface area contributed by atoms with Crippen LogP contribution in [0.5, 0.6) is 0 Å². The van der Waals surface area contributed by atoms with Gasteiger partial charge in [0.1, 0.15) is 15.6 Å². The molecule has 118 valence electrons. The molecule has 1 fully saturated rings. The summed E-state index contributed by atoms with van der Waals surface area (Å²) in [6, 6.07) is 4.62. The molecule has 1 aliphatic rings. The smallest absolute Gasteiger partial charge is 0.424 e. The molecule has 1 aromatic rings.